The molecule has 82 valence electrons. The molecule has 0 saturated carbocycles. The van der Waals surface area contributed by atoms with Gasteiger partial charge >= 0.3 is 6.18 Å². The van der Waals surface area contributed by atoms with Gasteiger partial charge in [0, 0.05) is 5.56 Å². The normalized spacial score (nSPS) is 18.9. The van der Waals surface area contributed by atoms with Crippen LogP contribution in [0.5, 0.6) is 0 Å². The Hall–Kier alpha value is -1.08. The van der Waals surface area contributed by atoms with Gasteiger partial charge in [-0.05, 0) is 12.1 Å². The third-order valence-electron chi connectivity index (χ3n) is 2.07. The van der Waals surface area contributed by atoms with Gasteiger partial charge in [-0.2, -0.15) is 21.6 Å². The highest BCUT2D eigenvalue weighted by Gasteiger charge is 2.39. The van der Waals surface area contributed by atoms with E-state index in [1.54, 1.807) is 0 Å². The quantitative estimate of drug-likeness (QED) is 0.648. The van der Waals surface area contributed by atoms with Crippen LogP contribution in [0.25, 0.3) is 0 Å². The molecule has 0 bridgehead atoms. The summed E-state index contributed by atoms with van der Waals surface area (Å²) >= 11 is 0. The molecule has 0 aromatic heterocycles. The first-order valence-electron chi connectivity index (χ1n) is 3.91. The van der Waals surface area contributed by atoms with Crippen LogP contribution >= 0.6 is 0 Å². The molecule has 7 heteroatoms. The fraction of sp³-hybridized carbons (Fsp3) is 0.250. The van der Waals surface area contributed by atoms with Crippen LogP contribution in [0.4, 0.5) is 13.2 Å². The molecule has 0 radical (unpaired) electrons. The molecule has 1 aliphatic rings. The van der Waals surface area contributed by atoms with E-state index in [9.17, 15) is 21.6 Å². The minimum atomic E-state index is -4.56. The highest BCUT2D eigenvalue weighted by atomic mass is 32.2. The Labute approximate surface area is 83.6 Å². The van der Waals surface area contributed by atoms with Crippen molar-refractivity contribution in [3.05, 3.63) is 29.3 Å². The largest absolute Gasteiger partial charge is 0.416 e. The van der Waals surface area contributed by atoms with E-state index in [0.717, 1.165) is 18.2 Å². The van der Waals surface area contributed by atoms with E-state index >= 15 is 0 Å². The van der Waals surface area contributed by atoms with Gasteiger partial charge in [0.25, 0.3) is 10.1 Å². The zero-order valence-electron chi connectivity index (χ0n) is 7.21. The molecule has 0 saturated heterocycles. The standard InChI is InChI=1S/C8H5F3O3S/c9-8(10,11)6-2-1-3-7-5(6)4-14-15(7,12)13/h1-3H,4H2. The van der Waals surface area contributed by atoms with Gasteiger partial charge in [-0.25, -0.2) is 0 Å². The summed E-state index contributed by atoms with van der Waals surface area (Å²) in [7, 11) is -3.99. The zero-order valence-corrected chi connectivity index (χ0v) is 8.02. The van der Waals surface area contributed by atoms with E-state index in [2.05, 4.69) is 4.18 Å². The predicted molar refractivity (Wildman–Crippen MR) is 43.4 cm³/mol. The summed E-state index contributed by atoms with van der Waals surface area (Å²) in [4.78, 5) is -0.391. The number of hydrogen-bond acceptors (Lipinski definition) is 3. The van der Waals surface area contributed by atoms with Gasteiger partial charge < -0.3 is 0 Å². The van der Waals surface area contributed by atoms with Crippen LogP contribution in [0.1, 0.15) is 11.1 Å². The molecule has 15 heavy (non-hydrogen) atoms. The van der Waals surface area contributed by atoms with Gasteiger partial charge in [-0.1, -0.05) is 6.07 Å². The van der Waals surface area contributed by atoms with Gasteiger partial charge in [-0.15, -0.1) is 0 Å². The molecule has 1 aromatic carbocycles. The topological polar surface area (TPSA) is 43.4 Å². The monoisotopic (exact) mass is 238 g/mol. The summed E-state index contributed by atoms with van der Waals surface area (Å²) in [6.45, 7) is -0.548. The highest BCUT2D eigenvalue weighted by molar-refractivity contribution is 7.87. The lowest BCUT2D eigenvalue weighted by molar-refractivity contribution is -0.138. The molecular weight excluding hydrogens is 233 g/mol. The Kier molecular flexibility index (Phi) is 2.06. The van der Waals surface area contributed by atoms with Crippen LogP contribution < -0.4 is 0 Å². The molecule has 0 aliphatic carbocycles. The molecule has 0 amide bonds. The molecule has 0 spiro atoms. The predicted octanol–water partition coefficient (Wildman–Crippen LogP) is 1.92. The molecule has 0 atom stereocenters. The number of rotatable bonds is 0. The van der Waals surface area contributed by atoms with Crippen LogP contribution in [0, 0.1) is 0 Å². The van der Waals surface area contributed by atoms with Crippen molar-refractivity contribution >= 4 is 10.1 Å². The summed E-state index contributed by atoms with van der Waals surface area (Å²) in [5.41, 5.74) is -1.27. The average molecular weight is 238 g/mol. The number of benzene rings is 1. The van der Waals surface area contributed by atoms with Crippen LogP contribution in [-0.4, -0.2) is 8.42 Å². The summed E-state index contributed by atoms with van der Waals surface area (Å²) < 4.78 is 63.9. The van der Waals surface area contributed by atoms with Crippen molar-refractivity contribution in [3.8, 4) is 0 Å². The Bertz CT molecular complexity index is 504. The molecule has 3 nitrogen and oxygen atoms in total. The lowest BCUT2D eigenvalue weighted by Crippen LogP contribution is -2.08. The van der Waals surface area contributed by atoms with Crippen LogP contribution in [0.2, 0.25) is 0 Å². The minimum absolute atomic E-state index is 0.315. The van der Waals surface area contributed by atoms with E-state index in [-0.39, 0.29) is 5.56 Å². The van der Waals surface area contributed by atoms with Gasteiger partial charge in [0.15, 0.2) is 0 Å². The summed E-state index contributed by atoms with van der Waals surface area (Å²) in [6, 6.07) is 2.99. The van der Waals surface area contributed by atoms with E-state index < -0.39 is 33.4 Å². The van der Waals surface area contributed by atoms with Crippen molar-refractivity contribution in [1.29, 1.82) is 0 Å². The van der Waals surface area contributed by atoms with Crippen molar-refractivity contribution in [3.63, 3.8) is 0 Å². The maximum Gasteiger partial charge on any atom is 0.416 e. The van der Waals surface area contributed by atoms with Crippen LogP contribution in [0.3, 0.4) is 0 Å². The van der Waals surface area contributed by atoms with Gasteiger partial charge in [0.1, 0.15) is 4.90 Å². The van der Waals surface area contributed by atoms with E-state index in [1.807, 2.05) is 0 Å². The van der Waals surface area contributed by atoms with E-state index in [1.165, 1.54) is 0 Å². The lowest BCUT2D eigenvalue weighted by atomic mass is 10.1. The number of hydrogen-bond donors (Lipinski definition) is 0. The van der Waals surface area contributed by atoms with Gasteiger partial charge in [0.2, 0.25) is 0 Å². The van der Waals surface area contributed by atoms with Crippen LogP contribution in [0.15, 0.2) is 23.1 Å². The summed E-state index contributed by atoms with van der Waals surface area (Å²) in [6.07, 6.45) is -4.56. The Balaban J connectivity index is 2.70. The number of alkyl halides is 3. The summed E-state index contributed by atoms with van der Waals surface area (Å²) in [5.74, 6) is 0. The maximum absolute atomic E-state index is 12.4. The SMILES string of the molecule is O=S1(=O)OCc2c(C(F)(F)F)cccc21. The lowest BCUT2D eigenvalue weighted by Gasteiger charge is -2.09. The van der Waals surface area contributed by atoms with E-state index in [0.29, 0.717) is 0 Å². The van der Waals surface area contributed by atoms with Crippen molar-refractivity contribution in [2.45, 2.75) is 17.7 Å². The second kappa shape index (κ2) is 2.96. The summed E-state index contributed by atoms with van der Waals surface area (Å²) in [5, 5.41) is 0. The Morgan fingerprint density at radius 2 is 1.93 bits per heavy atom. The Morgan fingerprint density at radius 1 is 1.27 bits per heavy atom. The molecule has 0 N–H and O–H groups in total. The smallest absolute Gasteiger partial charge is 0.261 e. The van der Waals surface area contributed by atoms with Crippen molar-refractivity contribution in [1.82, 2.24) is 0 Å². The second-order valence-corrected chi connectivity index (χ2v) is 4.58. The van der Waals surface area contributed by atoms with Crippen molar-refractivity contribution < 1.29 is 25.8 Å². The molecular formula is C8H5F3O3S. The Morgan fingerprint density at radius 3 is 2.53 bits per heavy atom. The third-order valence-corrected chi connectivity index (χ3v) is 3.42. The minimum Gasteiger partial charge on any atom is -0.261 e. The molecule has 1 heterocycles. The molecule has 1 aliphatic heterocycles. The van der Waals surface area contributed by atoms with Gasteiger partial charge in [0.05, 0.1) is 12.2 Å². The fourth-order valence-corrected chi connectivity index (χ4v) is 2.53. The number of fused-ring (bicyclic) bond motifs is 1. The average Bonchev–Trinajstić information content (AvgIpc) is 2.41. The van der Waals surface area contributed by atoms with E-state index in [4.69, 9.17) is 0 Å². The second-order valence-electron chi connectivity index (χ2n) is 3.00. The van der Waals surface area contributed by atoms with Crippen LogP contribution in [-0.2, 0) is 27.1 Å². The molecule has 2 rings (SSSR count). The highest BCUT2D eigenvalue weighted by Crippen LogP contribution is 2.38. The molecule has 1 aromatic rings. The first-order valence-corrected chi connectivity index (χ1v) is 5.32. The molecule has 0 unspecified atom stereocenters. The number of halogens is 3. The maximum atomic E-state index is 12.4. The first-order chi connectivity index (χ1) is 6.82. The fourth-order valence-electron chi connectivity index (χ4n) is 1.41. The van der Waals surface area contributed by atoms with Crippen molar-refractivity contribution in [2.75, 3.05) is 0 Å². The zero-order chi connectivity index (χ0) is 11.3. The third kappa shape index (κ3) is 1.61. The molecule has 0 fully saturated rings. The first kappa shape index (κ1) is 10.4. The van der Waals surface area contributed by atoms with Gasteiger partial charge in [-0.3, -0.25) is 4.18 Å². The van der Waals surface area contributed by atoms with Crippen molar-refractivity contribution in [2.24, 2.45) is 0 Å².